The summed E-state index contributed by atoms with van der Waals surface area (Å²) in [5.41, 5.74) is 3.80. The van der Waals surface area contributed by atoms with Gasteiger partial charge in [-0.2, -0.15) is 0 Å². The fourth-order valence-corrected chi connectivity index (χ4v) is 3.31. The quantitative estimate of drug-likeness (QED) is 0.613. The van der Waals surface area contributed by atoms with Gasteiger partial charge in [-0.25, -0.2) is 4.98 Å². The molecule has 0 unspecified atom stereocenters. The zero-order valence-corrected chi connectivity index (χ0v) is 15.9. The lowest BCUT2D eigenvalue weighted by Crippen LogP contribution is -2.11. The van der Waals surface area contributed by atoms with Gasteiger partial charge in [0, 0.05) is 21.5 Å². The van der Waals surface area contributed by atoms with Crippen LogP contribution in [0.1, 0.15) is 36.7 Å². The summed E-state index contributed by atoms with van der Waals surface area (Å²) >= 11 is 7.33. The number of amides is 1. The monoisotopic (exact) mass is 370 g/mol. The minimum atomic E-state index is -0.216. The normalized spacial score (nSPS) is 11.4. The maximum atomic E-state index is 12.3. The number of benzene rings is 2. The van der Waals surface area contributed by atoms with Crippen LogP contribution in [0.4, 0.5) is 5.13 Å². The first-order valence-corrected chi connectivity index (χ1v) is 9.22. The molecule has 0 atom stereocenters. The molecule has 3 aromatic rings. The molecule has 0 saturated carbocycles. The molecule has 1 aromatic heterocycles. The fourth-order valence-electron chi connectivity index (χ4n) is 2.40. The van der Waals surface area contributed by atoms with Crippen LogP contribution in [0.15, 0.2) is 53.9 Å². The molecular weight excluding hydrogens is 352 g/mol. The Morgan fingerprint density at radius 1 is 1.12 bits per heavy atom. The van der Waals surface area contributed by atoms with E-state index in [4.69, 9.17) is 11.6 Å². The van der Waals surface area contributed by atoms with Gasteiger partial charge in [-0.1, -0.05) is 62.7 Å². The third kappa shape index (κ3) is 4.27. The lowest BCUT2D eigenvalue weighted by Gasteiger charge is -2.18. The molecule has 1 heterocycles. The fraction of sp³-hybridized carbons (Fsp3) is 0.200. The van der Waals surface area contributed by atoms with Crippen LogP contribution in [-0.4, -0.2) is 10.9 Å². The van der Waals surface area contributed by atoms with Crippen molar-refractivity contribution in [3.8, 4) is 11.3 Å². The van der Waals surface area contributed by atoms with Gasteiger partial charge in [-0.15, -0.1) is 11.3 Å². The van der Waals surface area contributed by atoms with Crippen LogP contribution in [0.2, 0.25) is 5.02 Å². The van der Waals surface area contributed by atoms with Crippen LogP contribution in [0, 0.1) is 0 Å². The van der Waals surface area contributed by atoms with E-state index < -0.39 is 0 Å². The lowest BCUT2D eigenvalue weighted by atomic mass is 9.86. The third-order valence-electron chi connectivity index (χ3n) is 3.86. The van der Waals surface area contributed by atoms with E-state index in [0.29, 0.717) is 15.7 Å². The van der Waals surface area contributed by atoms with Gasteiger partial charge in [-0.05, 0) is 29.2 Å². The molecule has 0 spiro atoms. The van der Waals surface area contributed by atoms with Crippen LogP contribution in [0.3, 0.4) is 0 Å². The number of carbonyl (C=O) groups excluding carboxylic acids is 1. The summed E-state index contributed by atoms with van der Waals surface area (Å²) < 4.78 is 0. The Bertz CT molecular complexity index is 895. The number of thiazole rings is 1. The average Bonchev–Trinajstić information content (AvgIpc) is 3.02. The molecule has 1 amide bonds. The molecule has 2 aromatic carbocycles. The molecule has 0 bridgehead atoms. The summed E-state index contributed by atoms with van der Waals surface area (Å²) in [7, 11) is 0. The second-order valence-electron chi connectivity index (χ2n) is 6.83. The SMILES string of the molecule is CC(C)(C)c1ccc(-c2csc(NC(=O)c3cccc(Cl)c3)n2)cc1. The molecule has 128 valence electrons. The van der Waals surface area contributed by atoms with Gasteiger partial charge in [0.1, 0.15) is 0 Å². The molecule has 0 fully saturated rings. The highest BCUT2D eigenvalue weighted by molar-refractivity contribution is 7.14. The maximum absolute atomic E-state index is 12.3. The van der Waals surface area contributed by atoms with Crippen molar-refractivity contribution in [2.45, 2.75) is 26.2 Å². The van der Waals surface area contributed by atoms with Crippen molar-refractivity contribution in [2.24, 2.45) is 0 Å². The molecule has 0 aliphatic carbocycles. The van der Waals surface area contributed by atoms with E-state index in [9.17, 15) is 4.79 Å². The van der Waals surface area contributed by atoms with Crippen molar-refractivity contribution < 1.29 is 4.79 Å². The number of nitrogens with zero attached hydrogens (tertiary/aromatic N) is 1. The minimum Gasteiger partial charge on any atom is -0.298 e. The van der Waals surface area contributed by atoms with Gasteiger partial charge in [0.2, 0.25) is 0 Å². The van der Waals surface area contributed by atoms with Crippen LogP contribution >= 0.6 is 22.9 Å². The Morgan fingerprint density at radius 2 is 1.84 bits per heavy atom. The Kier molecular flexibility index (Phi) is 4.93. The largest absolute Gasteiger partial charge is 0.298 e. The zero-order chi connectivity index (χ0) is 18.0. The Labute approximate surface area is 156 Å². The van der Waals surface area contributed by atoms with Crippen molar-refractivity contribution in [3.05, 3.63) is 70.1 Å². The molecule has 5 heteroatoms. The Balaban J connectivity index is 1.75. The predicted molar refractivity (Wildman–Crippen MR) is 106 cm³/mol. The van der Waals surface area contributed by atoms with Gasteiger partial charge in [0.25, 0.3) is 5.91 Å². The van der Waals surface area contributed by atoms with Crippen LogP contribution < -0.4 is 5.32 Å². The highest BCUT2D eigenvalue weighted by atomic mass is 35.5. The first-order chi connectivity index (χ1) is 11.8. The van der Waals surface area contributed by atoms with E-state index in [1.54, 1.807) is 24.3 Å². The predicted octanol–water partition coefficient (Wildman–Crippen LogP) is 6.01. The van der Waals surface area contributed by atoms with Crippen LogP contribution in [0.25, 0.3) is 11.3 Å². The summed E-state index contributed by atoms with van der Waals surface area (Å²) in [4.78, 5) is 16.8. The molecule has 25 heavy (non-hydrogen) atoms. The number of hydrogen-bond donors (Lipinski definition) is 1. The molecule has 3 nitrogen and oxygen atoms in total. The van der Waals surface area contributed by atoms with E-state index in [-0.39, 0.29) is 11.3 Å². The van der Waals surface area contributed by atoms with Crippen molar-refractivity contribution in [1.29, 1.82) is 0 Å². The van der Waals surface area contributed by atoms with Crippen molar-refractivity contribution in [3.63, 3.8) is 0 Å². The Hall–Kier alpha value is -2.17. The first kappa shape index (κ1) is 17.6. The van der Waals surface area contributed by atoms with Gasteiger partial charge >= 0.3 is 0 Å². The number of hydrogen-bond acceptors (Lipinski definition) is 3. The number of halogens is 1. The lowest BCUT2D eigenvalue weighted by molar-refractivity contribution is 0.102. The summed E-state index contributed by atoms with van der Waals surface area (Å²) in [6, 6.07) is 15.2. The molecule has 0 aliphatic rings. The first-order valence-electron chi connectivity index (χ1n) is 7.96. The van der Waals surface area contributed by atoms with E-state index in [2.05, 4.69) is 55.3 Å². The molecular formula is C20H19ClN2OS. The molecule has 3 rings (SSSR count). The summed E-state index contributed by atoms with van der Waals surface area (Å²) in [6.45, 7) is 6.57. The van der Waals surface area contributed by atoms with Crippen LogP contribution in [0.5, 0.6) is 0 Å². The molecule has 0 saturated heterocycles. The summed E-state index contributed by atoms with van der Waals surface area (Å²) in [5, 5.41) is 5.87. The number of aromatic nitrogens is 1. The second kappa shape index (κ2) is 6.98. The van der Waals surface area contributed by atoms with Crippen LogP contribution in [-0.2, 0) is 5.41 Å². The zero-order valence-electron chi connectivity index (χ0n) is 14.3. The molecule has 0 aliphatic heterocycles. The van der Waals surface area contributed by atoms with Crippen molar-refractivity contribution in [1.82, 2.24) is 4.98 Å². The highest BCUT2D eigenvalue weighted by Gasteiger charge is 2.14. The highest BCUT2D eigenvalue weighted by Crippen LogP contribution is 2.28. The minimum absolute atomic E-state index is 0.122. The number of carbonyl (C=O) groups is 1. The summed E-state index contributed by atoms with van der Waals surface area (Å²) in [6.07, 6.45) is 0. The van der Waals surface area contributed by atoms with E-state index in [0.717, 1.165) is 11.3 Å². The molecule has 0 radical (unpaired) electrons. The number of anilines is 1. The topological polar surface area (TPSA) is 42.0 Å². The third-order valence-corrected chi connectivity index (χ3v) is 4.85. The molecule has 1 N–H and O–H groups in total. The van der Waals surface area contributed by atoms with Gasteiger partial charge in [-0.3, -0.25) is 10.1 Å². The Morgan fingerprint density at radius 3 is 2.48 bits per heavy atom. The van der Waals surface area contributed by atoms with Gasteiger partial charge in [0.05, 0.1) is 5.69 Å². The standard InChI is InChI=1S/C20H19ClN2OS/c1-20(2,3)15-9-7-13(8-10-15)17-12-25-19(22-17)23-18(24)14-5-4-6-16(21)11-14/h4-12H,1-3H3,(H,22,23,24). The maximum Gasteiger partial charge on any atom is 0.257 e. The summed E-state index contributed by atoms with van der Waals surface area (Å²) in [5.74, 6) is -0.216. The number of nitrogens with one attached hydrogen (secondary N) is 1. The van der Waals surface area contributed by atoms with E-state index in [1.165, 1.54) is 16.9 Å². The van der Waals surface area contributed by atoms with E-state index >= 15 is 0 Å². The van der Waals surface area contributed by atoms with Crippen molar-refractivity contribution >= 4 is 34.0 Å². The van der Waals surface area contributed by atoms with Gasteiger partial charge < -0.3 is 0 Å². The average molecular weight is 371 g/mol. The second-order valence-corrected chi connectivity index (χ2v) is 8.12. The van der Waals surface area contributed by atoms with E-state index in [1.807, 2.05) is 5.38 Å². The smallest absolute Gasteiger partial charge is 0.257 e. The van der Waals surface area contributed by atoms with Gasteiger partial charge in [0.15, 0.2) is 5.13 Å². The number of rotatable bonds is 3. The van der Waals surface area contributed by atoms with Crippen molar-refractivity contribution in [2.75, 3.05) is 5.32 Å².